The molecule has 124 heavy (non-hydrogen) atoms. The molecule has 27 nitrogen and oxygen atoms in total. The normalized spacial score (nSPS) is 26.0. The number of nitrogens with one attached hydrogen (secondary N) is 5. The molecule has 0 aromatic carbocycles. The first-order valence-electron chi connectivity index (χ1n) is 44.9. The molecule has 8 heterocycles. The van der Waals surface area contributed by atoms with Gasteiger partial charge in [-0.1, -0.05) is 65.1 Å². The minimum absolute atomic E-state index is 0. The van der Waals surface area contributed by atoms with Crippen LogP contribution in [0.1, 0.15) is 196 Å². The minimum atomic E-state index is -3.30. The summed E-state index contributed by atoms with van der Waals surface area (Å²) in [5.41, 5.74) is 6.80. The summed E-state index contributed by atoms with van der Waals surface area (Å²) < 4.78 is 80.8. The Labute approximate surface area is 804 Å². The first-order chi connectivity index (χ1) is 58.1. The number of aromatic amines is 3. The Bertz CT molecular complexity index is 4270. The van der Waals surface area contributed by atoms with Gasteiger partial charge in [0.1, 0.15) is 16.9 Å². The molecule has 2 aliphatic heterocycles. The van der Waals surface area contributed by atoms with Crippen molar-refractivity contribution in [3.05, 3.63) is 90.3 Å². The van der Waals surface area contributed by atoms with Crippen LogP contribution in [0.2, 0.25) is 79.4 Å². The van der Waals surface area contributed by atoms with Gasteiger partial charge in [-0.15, -0.1) is 0 Å². The van der Waals surface area contributed by atoms with Gasteiger partial charge in [-0.05, 0) is 281 Å². The van der Waals surface area contributed by atoms with E-state index >= 15 is 0 Å². The van der Waals surface area contributed by atoms with Crippen molar-refractivity contribution in [3.8, 4) is 0 Å². The summed E-state index contributed by atoms with van der Waals surface area (Å²) in [5.74, 6) is 4.67. The molecule has 0 amide bonds. The van der Waals surface area contributed by atoms with Crippen molar-refractivity contribution in [2.75, 3.05) is 32.4 Å². The molecule has 6 aromatic rings. The van der Waals surface area contributed by atoms with Crippen LogP contribution in [0, 0.1) is 29.6 Å². The van der Waals surface area contributed by atoms with Crippen LogP contribution < -0.4 is 61.8 Å². The zero-order chi connectivity index (χ0) is 90.0. The van der Waals surface area contributed by atoms with Crippen LogP contribution in [-0.2, 0) is 56.6 Å². The first kappa shape index (κ1) is 109. The van der Waals surface area contributed by atoms with Gasteiger partial charge in [0.2, 0.25) is 20.0 Å². The number of nitrogens with zero attached hydrogens (tertiary/aromatic N) is 5. The number of aliphatic hydroxyl groups excluding tert-OH is 1. The zero-order valence-corrected chi connectivity index (χ0v) is 83.8. The van der Waals surface area contributed by atoms with Crippen LogP contribution >= 0.6 is 37.0 Å². The molecule has 0 atom stereocenters. The molecule has 42 heteroatoms. The van der Waals surface area contributed by atoms with E-state index in [1.807, 2.05) is 57.3 Å². The number of carbonyl (C=O) groups is 2. The van der Waals surface area contributed by atoms with E-state index in [9.17, 15) is 44.9 Å². The molecule has 10 fully saturated rings. The number of pyridine rings is 3. The largest absolute Gasteiger partial charge is 1.00 e. The third-order valence-corrected chi connectivity index (χ3v) is 32.2. The molecule has 0 bridgehead atoms. The van der Waals surface area contributed by atoms with Crippen molar-refractivity contribution in [3.63, 3.8) is 0 Å². The maximum absolute atomic E-state index is 12.8. The Hall–Kier alpha value is -1.90. The van der Waals surface area contributed by atoms with E-state index in [1.54, 1.807) is 55.2 Å². The molecule has 8 aliphatic carbocycles. The molecule has 0 unspecified atom stereocenters. The molecule has 6 aromatic heterocycles. The molecular formula is C82H138B7KN10O17S7. The summed E-state index contributed by atoms with van der Waals surface area (Å²) in [6.07, 6.45) is 39.7. The van der Waals surface area contributed by atoms with E-state index in [0.717, 1.165) is 148 Å². The van der Waals surface area contributed by atoms with Crippen LogP contribution in [0.3, 0.4) is 0 Å². The number of sulfonamides is 2. The second-order valence-corrected chi connectivity index (χ2v) is 46.2. The number of thiol groups is 2. The minimum Gasteiger partial charge on any atom is -0.742 e. The second-order valence-electron chi connectivity index (χ2n) is 36.7. The summed E-state index contributed by atoms with van der Waals surface area (Å²) in [6.45, 7) is 16.7. The van der Waals surface area contributed by atoms with Gasteiger partial charge in [0.05, 0.1) is 29.0 Å². The van der Waals surface area contributed by atoms with Crippen molar-refractivity contribution in [2.45, 2.75) is 309 Å². The molecule has 0 spiro atoms. The summed E-state index contributed by atoms with van der Waals surface area (Å²) in [6, 6.07) is 12.4. The molecule has 682 valence electrons. The van der Waals surface area contributed by atoms with Crippen LogP contribution in [-0.4, -0.2) is 246 Å². The van der Waals surface area contributed by atoms with Gasteiger partial charge in [-0.2, -0.15) is 33.7 Å². The van der Waals surface area contributed by atoms with Crippen molar-refractivity contribution in [1.29, 1.82) is 0 Å². The Morgan fingerprint density at radius 2 is 0.790 bits per heavy atom. The number of hydrogen-bond donors (Lipinski definition) is 15. The molecule has 8 saturated carbocycles. The number of carbonyl (C=O) groups excluding carboxylic acids is 2. The number of aliphatic hydroxyl groups is 1. The monoisotopic (exact) mass is 1870 g/mol. The molecule has 0 radical (unpaired) electrons. The van der Waals surface area contributed by atoms with Crippen LogP contribution in [0.4, 0.5) is 0 Å². The molecule has 16 rings (SSSR count). The Kier molecular flexibility index (Phi) is 46.9. The molecular weight excluding hydrogens is 1740 g/mol. The summed E-state index contributed by atoms with van der Waals surface area (Å²) in [5, 5.41) is 83.2. The molecule has 10 aliphatic rings. The maximum atomic E-state index is 12.8. The smallest absolute Gasteiger partial charge is 0.742 e. The number of rotatable bonds is 24. The van der Waals surface area contributed by atoms with Crippen LogP contribution in [0.25, 0.3) is 33.1 Å². The van der Waals surface area contributed by atoms with Gasteiger partial charge >= 0.3 is 65.5 Å². The molecule has 13 N–H and O–H groups in total. The zero-order valence-electron chi connectivity index (χ0n) is 74.8. The average Bonchev–Trinajstić information content (AvgIpc) is 1.41. The quantitative estimate of drug-likeness (QED) is 0.0117. The van der Waals surface area contributed by atoms with E-state index in [4.69, 9.17) is 34.4 Å². The standard InChI is InChI=1S/2C17H25BN4O3S.C13H16N2.C8H15BO2S.C7H15BO4S.C6H13BO2.2C6H13BOS.C2H4OS.K/c2*1-18(23)21-13-9-14(10-13)26(24,25)22-7-4-12(5-8-22)16-11-20-17-15(16)3-2-6-19-17;1-2-5-10(6-3-1)12-9-15-13-11(12)7-4-8-14-13;1-6(10)12-8-3-7(4-8)5-9(2)11;1-8(9)5-6-3-7(4-6)12-13(2,10)11;1-7(9)4-5-2-6(8)3-5;2*1-7(8)4-5-2-6(9)3-5;1-2(3)4;/h2*2-3,6,11-14,21,23H,4-5,7-10H2,1H3,(H,19,20);4,7-10H,1-3,5-6H2,(H,14,15);7-8,11H,3-5H2,1-2H3;6-7,9H,3-5H2,1-2H3;3*5-6,8-9H,2-4H2,1H3;1H3,(H,3,4);/q;;;;;;;;;+1/p-1. The van der Waals surface area contributed by atoms with Gasteiger partial charge in [-0.25, -0.2) is 40.4 Å². The first-order valence-corrected chi connectivity index (χ1v) is 52.0. The van der Waals surface area contributed by atoms with E-state index in [2.05, 4.69) is 103 Å². The molecule has 2 saturated heterocycles. The van der Waals surface area contributed by atoms with Gasteiger partial charge < -0.3 is 83.1 Å². The van der Waals surface area contributed by atoms with Gasteiger partial charge in [-0.3, -0.25) is 8.98 Å². The number of hydrogen-bond acceptors (Lipinski definition) is 26. The van der Waals surface area contributed by atoms with E-state index in [-0.39, 0.29) is 131 Å². The Morgan fingerprint density at radius 1 is 0.492 bits per heavy atom. The SMILES string of the molecule is CB(O)CC1CC(O)C1.CB(O)CC1CC(OS(C)(=O)=O)C1.CB(O)CC1CC(S)C1.CB(O)CC1CC(S)C1.CB(O)CC1CC(SC(C)=O)C1.CB(O)NC1CC(S(=O)(=O)N2CCC(c3c[nH]c4ncccc34)CC2)C1.CB(O)NC1CC(S(=O)(=O)N2CCC(c3c[nH]c4ncccc34)CC2)C1.CC(=O)[S-].[K+].c1cnc2[nH]cc(C3CCCCC3)c2c1. The van der Waals surface area contributed by atoms with E-state index in [0.29, 0.717) is 97.2 Å². The summed E-state index contributed by atoms with van der Waals surface area (Å²) >= 11 is 14.0. The van der Waals surface area contributed by atoms with Crippen molar-refractivity contribution >= 4 is 172 Å². The van der Waals surface area contributed by atoms with Crippen LogP contribution in [0.5, 0.6) is 0 Å². The Balaban J connectivity index is 0.000000200. The second kappa shape index (κ2) is 53.3. The van der Waals surface area contributed by atoms with Crippen molar-refractivity contribution < 1.29 is 131 Å². The maximum Gasteiger partial charge on any atom is 1.00 e. The summed E-state index contributed by atoms with van der Waals surface area (Å²) in [4.78, 5) is 42.7. The van der Waals surface area contributed by atoms with Crippen molar-refractivity contribution in [2.24, 2.45) is 29.6 Å². The third-order valence-electron chi connectivity index (χ3n) is 25.0. The van der Waals surface area contributed by atoms with Gasteiger partial charge in [0.25, 0.3) is 44.7 Å². The van der Waals surface area contributed by atoms with Crippen LogP contribution in [0.15, 0.2) is 73.6 Å². The fourth-order valence-electron chi connectivity index (χ4n) is 18.7. The van der Waals surface area contributed by atoms with Gasteiger partial charge in [0, 0.05) is 119 Å². The van der Waals surface area contributed by atoms with Crippen molar-refractivity contribution in [1.82, 2.24) is 49.0 Å². The average molecular weight is 1880 g/mol. The van der Waals surface area contributed by atoms with E-state index < -0.39 is 44.3 Å². The predicted octanol–water partition coefficient (Wildman–Crippen LogP) is 8.30. The van der Waals surface area contributed by atoms with Gasteiger partial charge in [0.15, 0.2) is 5.12 Å². The Morgan fingerprint density at radius 3 is 1.07 bits per heavy atom. The number of fused-ring (bicyclic) bond motifs is 3. The topological polar surface area (TPSA) is 424 Å². The third kappa shape index (κ3) is 36.8. The number of aromatic nitrogens is 6. The van der Waals surface area contributed by atoms with E-state index in [1.165, 1.54) is 98.5 Å². The number of thioether (sulfide) groups is 1. The fourth-order valence-corrected chi connectivity index (χ4v) is 25.9. The fraction of sp³-hybridized carbons (Fsp3) is 0.720. The number of piperidine rings is 2. The predicted molar refractivity (Wildman–Crippen MR) is 515 cm³/mol. The summed E-state index contributed by atoms with van der Waals surface area (Å²) in [7, 11) is -11.0. The number of H-pyrrole nitrogens is 3.